The van der Waals surface area contributed by atoms with Crippen molar-refractivity contribution in [3.05, 3.63) is 65.6 Å². The molecule has 0 spiro atoms. The Kier molecular flexibility index (Phi) is 3.49. The molecule has 3 heterocycles. The number of amides is 1. The van der Waals surface area contributed by atoms with Gasteiger partial charge in [0.2, 0.25) is 0 Å². The Labute approximate surface area is 140 Å². The second-order valence-electron chi connectivity index (χ2n) is 6.31. The molecule has 5 nitrogen and oxygen atoms in total. The maximum Gasteiger partial charge on any atom is 0.271 e. The number of rotatable bonds is 3. The molecule has 0 unspecified atom stereocenters. The van der Waals surface area contributed by atoms with Gasteiger partial charge in [-0.3, -0.25) is 4.79 Å². The summed E-state index contributed by atoms with van der Waals surface area (Å²) in [7, 11) is 0. The fourth-order valence-corrected chi connectivity index (χ4v) is 3.18. The van der Waals surface area contributed by atoms with Gasteiger partial charge in [0.25, 0.3) is 5.91 Å². The van der Waals surface area contributed by atoms with Gasteiger partial charge in [-0.1, -0.05) is 18.2 Å². The zero-order chi connectivity index (χ0) is 16.7. The Bertz CT molecular complexity index is 916. The number of fused-ring (bicyclic) bond motifs is 2. The van der Waals surface area contributed by atoms with Crippen molar-refractivity contribution in [1.82, 2.24) is 14.7 Å². The molecule has 1 aliphatic heterocycles. The van der Waals surface area contributed by atoms with Crippen molar-refractivity contribution in [1.29, 1.82) is 0 Å². The molecule has 5 heteroatoms. The molecule has 0 radical (unpaired) electrons. The molecule has 2 atom stereocenters. The Morgan fingerprint density at radius 2 is 2.21 bits per heavy atom. The third kappa shape index (κ3) is 2.52. The van der Waals surface area contributed by atoms with E-state index in [0.717, 1.165) is 22.5 Å². The molecule has 0 bridgehead atoms. The average molecular weight is 321 g/mol. The predicted molar refractivity (Wildman–Crippen MR) is 91.5 cm³/mol. The van der Waals surface area contributed by atoms with Crippen LogP contribution in [-0.4, -0.2) is 27.9 Å². The number of pyridine rings is 1. The van der Waals surface area contributed by atoms with Crippen molar-refractivity contribution in [3.8, 4) is 5.75 Å². The number of nitrogens with one attached hydrogen (secondary N) is 1. The first-order valence-corrected chi connectivity index (χ1v) is 8.10. The third-order valence-electron chi connectivity index (χ3n) is 4.55. The van der Waals surface area contributed by atoms with Crippen LogP contribution < -0.4 is 10.1 Å². The number of imidazole rings is 1. The van der Waals surface area contributed by atoms with E-state index in [1.165, 1.54) is 0 Å². The summed E-state index contributed by atoms with van der Waals surface area (Å²) >= 11 is 0. The van der Waals surface area contributed by atoms with Crippen LogP contribution in [0.15, 0.2) is 48.8 Å². The van der Waals surface area contributed by atoms with Gasteiger partial charge < -0.3 is 14.5 Å². The van der Waals surface area contributed by atoms with E-state index in [-0.39, 0.29) is 17.9 Å². The summed E-state index contributed by atoms with van der Waals surface area (Å²) in [5.41, 5.74) is 3.48. The Hall–Kier alpha value is -2.82. The van der Waals surface area contributed by atoms with E-state index in [4.69, 9.17) is 4.74 Å². The van der Waals surface area contributed by atoms with Crippen LogP contribution in [0.25, 0.3) is 5.65 Å². The molecule has 1 aliphatic rings. The highest BCUT2D eigenvalue weighted by atomic mass is 16.5. The highest BCUT2D eigenvalue weighted by Crippen LogP contribution is 2.35. The second-order valence-corrected chi connectivity index (χ2v) is 6.31. The number of hydrogen-bond acceptors (Lipinski definition) is 3. The van der Waals surface area contributed by atoms with Crippen LogP contribution in [-0.2, 0) is 0 Å². The van der Waals surface area contributed by atoms with Gasteiger partial charge >= 0.3 is 0 Å². The number of aromatic nitrogens is 2. The van der Waals surface area contributed by atoms with Crippen molar-refractivity contribution in [2.75, 3.05) is 6.61 Å². The summed E-state index contributed by atoms with van der Waals surface area (Å²) in [5, 5.41) is 3.06. The molecule has 0 fully saturated rings. The molecule has 3 aromatic rings. The molecular formula is C19H19N3O2. The van der Waals surface area contributed by atoms with Gasteiger partial charge in [0.05, 0.1) is 6.61 Å². The number of nitrogens with zero attached hydrogens (tertiary/aromatic N) is 2. The second kappa shape index (κ2) is 5.67. The Balaban J connectivity index is 1.53. The molecule has 122 valence electrons. The summed E-state index contributed by atoms with van der Waals surface area (Å²) < 4.78 is 7.57. The van der Waals surface area contributed by atoms with Crippen LogP contribution in [0.1, 0.15) is 34.5 Å². The topological polar surface area (TPSA) is 55.6 Å². The molecule has 1 aromatic carbocycles. The zero-order valence-corrected chi connectivity index (χ0v) is 13.7. The first-order chi connectivity index (χ1) is 11.6. The number of para-hydroxylation sites is 1. The number of hydrogen-bond donors (Lipinski definition) is 1. The van der Waals surface area contributed by atoms with Crippen LogP contribution in [0.5, 0.6) is 5.75 Å². The summed E-state index contributed by atoms with van der Waals surface area (Å²) in [5.74, 6) is 0.907. The minimum Gasteiger partial charge on any atom is -0.493 e. The lowest BCUT2D eigenvalue weighted by atomic mass is 9.94. The summed E-state index contributed by atoms with van der Waals surface area (Å²) in [6.07, 6.45) is 3.68. The molecule has 0 aliphatic carbocycles. The van der Waals surface area contributed by atoms with Crippen LogP contribution in [0.3, 0.4) is 0 Å². The van der Waals surface area contributed by atoms with Crippen LogP contribution in [0.4, 0.5) is 0 Å². The van der Waals surface area contributed by atoms with Gasteiger partial charge in [-0.05, 0) is 37.6 Å². The SMILES string of the molecule is Cc1ccn2cc(C(=O)N[C@H](C)[C@H]3COc4ccccc43)nc2c1. The number of benzene rings is 1. The quantitative estimate of drug-likeness (QED) is 0.807. The van der Waals surface area contributed by atoms with Gasteiger partial charge in [0.1, 0.15) is 17.1 Å². The highest BCUT2D eigenvalue weighted by molar-refractivity contribution is 5.93. The fraction of sp³-hybridized carbons (Fsp3) is 0.263. The Morgan fingerprint density at radius 1 is 1.38 bits per heavy atom. The van der Waals surface area contributed by atoms with E-state index in [9.17, 15) is 4.79 Å². The molecule has 2 aromatic heterocycles. The van der Waals surface area contributed by atoms with E-state index in [1.807, 2.05) is 54.8 Å². The summed E-state index contributed by atoms with van der Waals surface area (Å²) in [4.78, 5) is 17.0. The summed E-state index contributed by atoms with van der Waals surface area (Å²) in [6, 6.07) is 11.9. The van der Waals surface area contributed by atoms with E-state index in [1.54, 1.807) is 6.20 Å². The molecule has 1 N–H and O–H groups in total. The first-order valence-electron chi connectivity index (χ1n) is 8.10. The Morgan fingerprint density at radius 3 is 3.08 bits per heavy atom. The molecule has 1 amide bonds. The van der Waals surface area contributed by atoms with Crippen LogP contribution in [0.2, 0.25) is 0 Å². The predicted octanol–water partition coefficient (Wildman–Crippen LogP) is 2.94. The minimum absolute atomic E-state index is 0.0345. The van der Waals surface area contributed by atoms with Crippen molar-refractivity contribution >= 4 is 11.6 Å². The smallest absolute Gasteiger partial charge is 0.271 e. The molecule has 0 saturated carbocycles. The zero-order valence-electron chi connectivity index (χ0n) is 13.7. The number of carbonyl (C=O) groups is 1. The maximum atomic E-state index is 12.6. The number of ether oxygens (including phenoxy) is 1. The largest absolute Gasteiger partial charge is 0.493 e. The third-order valence-corrected chi connectivity index (χ3v) is 4.55. The molecule has 0 saturated heterocycles. The van der Waals surface area contributed by atoms with Gasteiger partial charge in [0, 0.05) is 29.9 Å². The van der Waals surface area contributed by atoms with Crippen molar-refractivity contribution in [2.45, 2.75) is 25.8 Å². The van der Waals surface area contributed by atoms with E-state index in [0.29, 0.717) is 12.3 Å². The maximum absolute atomic E-state index is 12.6. The van der Waals surface area contributed by atoms with E-state index < -0.39 is 0 Å². The normalized spacial score (nSPS) is 17.3. The van der Waals surface area contributed by atoms with Crippen molar-refractivity contribution < 1.29 is 9.53 Å². The van der Waals surface area contributed by atoms with Gasteiger partial charge in [-0.25, -0.2) is 4.98 Å². The fourth-order valence-electron chi connectivity index (χ4n) is 3.18. The highest BCUT2D eigenvalue weighted by Gasteiger charge is 2.30. The number of carbonyl (C=O) groups excluding carboxylic acids is 1. The molecular weight excluding hydrogens is 302 g/mol. The first kappa shape index (κ1) is 14.8. The lowest BCUT2D eigenvalue weighted by Crippen LogP contribution is -2.37. The monoisotopic (exact) mass is 321 g/mol. The molecule has 24 heavy (non-hydrogen) atoms. The van der Waals surface area contributed by atoms with Crippen LogP contribution in [0, 0.1) is 6.92 Å². The average Bonchev–Trinajstić information content (AvgIpc) is 3.18. The lowest BCUT2D eigenvalue weighted by Gasteiger charge is -2.19. The molecule has 4 rings (SSSR count). The van der Waals surface area contributed by atoms with Gasteiger partial charge in [-0.2, -0.15) is 0 Å². The van der Waals surface area contributed by atoms with E-state index >= 15 is 0 Å². The minimum atomic E-state index is -0.159. The van der Waals surface area contributed by atoms with Crippen molar-refractivity contribution in [3.63, 3.8) is 0 Å². The van der Waals surface area contributed by atoms with Gasteiger partial charge in [0.15, 0.2) is 0 Å². The standard InChI is InChI=1S/C19H19N3O2/c1-12-7-8-22-10-16(21-18(22)9-12)19(23)20-13(2)15-11-24-17-6-4-3-5-14(15)17/h3-10,13,15H,11H2,1-2H3,(H,20,23)/t13-,15-/m1/s1. The van der Waals surface area contributed by atoms with Gasteiger partial charge in [-0.15, -0.1) is 0 Å². The van der Waals surface area contributed by atoms with Crippen molar-refractivity contribution in [2.24, 2.45) is 0 Å². The lowest BCUT2D eigenvalue weighted by molar-refractivity contribution is 0.0928. The summed E-state index contributed by atoms with van der Waals surface area (Å²) in [6.45, 7) is 4.60. The van der Waals surface area contributed by atoms with E-state index in [2.05, 4.69) is 16.4 Å². The number of aryl methyl sites for hydroxylation is 1. The van der Waals surface area contributed by atoms with Crippen LogP contribution >= 0.6 is 0 Å².